The van der Waals surface area contributed by atoms with Gasteiger partial charge in [-0.1, -0.05) is 25.4 Å². The summed E-state index contributed by atoms with van der Waals surface area (Å²) in [5.74, 6) is 0.859. The average molecular weight is 218 g/mol. The minimum absolute atomic E-state index is 0.382. The lowest BCUT2D eigenvalue weighted by atomic mass is 9.93. The van der Waals surface area contributed by atoms with Crippen LogP contribution in [-0.2, 0) is 0 Å². The number of halogens is 1. The van der Waals surface area contributed by atoms with Crippen molar-refractivity contribution in [2.75, 3.05) is 18.0 Å². The molecule has 0 unspecified atom stereocenters. The van der Waals surface area contributed by atoms with E-state index in [2.05, 4.69) is 27.5 Å². The first kappa shape index (κ1) is 9.21. The van der Waals surface area contributed by atoms with Gasteiger partial charge in [0.25, 0.3) is 0 Å². The molecular weight excluding hydrogens is 206 g/mol. The van der Waals surface area contributed by atoms with Gasteiger partial charge < -0.3 is 4.90 Å². The maximum absolute atomic E-state index is 5.91. The minimum Gasteiger partial charge on any atom is -0.353 e. The summed E-state index contributed by atoms with van der Waals surface area (Å²) >= 11 is 7.09. The zero-order valence-corrected chi connectivity index (χ0v) is 9.32. The van der Waals surface area contributed by atoms with Gasteiger partial charge in [0.05, 0.1) is 11.7 Å². The van der Waals surface area contributed by atoms with Crippen LogP contribution in [0.2, 0.25) is 5.15 Å². The number of rotatable bonds is 1. The number of aromatic nitrogens is 2. The Morgan fingerprint density at radius 1 is 1.46 bits per heavy atom. The highest BCUT2D eigenvalue weighted by Gasteiger charge is 2.31. The Balaban J connectivity index is 2.17. The van der Waals surface area contributed by atoms with Crippen LogP contribution in [-0.4, -0.2) is 21.8 Å². The quantitative estimate of drug-likeness (QED) is 0.724. The maximum Gasteiger partial charge on any atom is 0.187 e. The molecule has 2 heterocycles. The zero-order chi connectivity index (χ0) is 9.47. The summed E-state index contributed by atoms with van der Waals surface area (Å²) in [5.41, 5.74) is 0.382. The summed E-state index contributed by atoms with van der Waals surface area (Å²) in [6.45, 7) is 6.59. The van der Waals surface area contributed by atoms with Gasteiger partial charge in [-0.05, 0) is 11.8 Å². The fourth-order valence-electron chi connectivity index (χ4n) is 1.65. The van der Waals surface area contributed by atoms with Crippen molar-refractivity contribution in [3.63, 3.8) is 0 Å². The number of hydrogen-bond donors (Lipinski definition) is 0. The van der Waals surface area contributed by atoms with E-state index in [9.17, 15) is 0 Å². The molecule has 0 aromatic carbocycles. The van der Waals surface area contributed by atoms with E-state index in [1.807, 2.05) is 0 Å². The van der Waals surface area contributed by atoms with Crippen LogP contribution in [0.3, 0.4) is 0 Å². The zero-order valence-electron chi connectivity index (χ0n) is 7.75. The number of hydrogen-bond acceptors (Lipinski definition) is 4. The molecule has 0 bridgehead atoms. The van der Waals surface area contributed by atoms with Gasteiger partial charge in [0.1, 0.15) is 0 Å². The molecule has 1 aliphatic heterocycles. The Hall–Kier alpha value is -0.350. The molecule has 72 valence electrons. The van der Waals surface area contributed by atoms with Crippen molar-refractivity contribution in [1.29, 1.82) is 0 Å². The summed E-state index contributed by atoms with van der Waals surface area (Å²) in [4.78, 5) is 2.21. The van der Waals surface area contributed by atoms with Gasteiger partial charge in [-0.3, -0.25) is 0 Å². The lowest BCUT2D eigenvalue weighted by Crippen LogP contribution is -2.23. The third kappa shape index (κ3) is 1.79. The van der Waals surface area contributed by atoms with Crippen LogP contribution < -0.4 is 4.90 Å². The third-order valence-corrected chi connectivity index (χ3v) is 3.28. The Bertz CT molecular complexity index is 310. The molecule has 13 heavy (non-hydrogen) atoms. The molecule has 0 aliphatic carbocycles. The molecule has 0 radical (unpaired) electrons. The third-order valence-electron chi connectivity index (χ3n) is 2.41. The van der Waals surface area contributed by atoms with E-state index in [4.69, 9.17) is 11.6 Å². The highest BCUT2D eigenvalue weighted by atomic mass is 35.5. The lowest BCUT2D eigenvalue weighted by molar-refractivity contribution is 0.418. The Morgan fingerprint density at radius 3 is 2.69 bits per heavy atom. The van der Waals surface area contributed by atoms with E-state index in [-0.39, 0.29) is 0 Å². The van der Waals surface area contributed by atoms with E-state index in [0.29, 0.717) is 10.6 Å². The van der Waals surface area contributed by atoms with Crippen LogP contribution in [0.4, 0.5) is 5.82 Å². The van der Waals surface area contributed by atoms with Crippen LogP contribution in [0.5, 0.6) is 0 Å². The van der Waals surface area contributed by atoms with Crippen molar-refractivity contribution in [2.45, 2.75) is 20.3 Å². The number of nitrogens with zero attached hydrogens (tertiary/aromatic N) is 3. The van der Waals surface area contributed by atoms with Gasteiger partial charge in [0, 0.05) is 13.1 Å². The minimum atomic E-state index is 0.382. The van der Waals surface area contributed by atoms with Crippen molar-refractivity contribution < 1.29 is 0 Å². The Labute approximate surface area is 87.0 Å². The van der Waals surface area contributed by atoms with Gasteiger partial charge in [-0.25, -0.2) is 0 Å². The van der Waals surface area contributed by atoms with Crippen molar-refractivity contribution in [2.24, 2.45) is 5.41 Å². The standard InChI is InChI=1S/C8H12ClN3S/c1-8(2)3-4-12(5-8)7-6(9)10-13-11-7/h3-5H2,1-2H3. The van der Waals surface area contributed by atoms with Crippen LogP contribution in [0.25, 0.3) is 0 Å². The molecule has 1 aliphatic rings. The highest BCUT2D eigenvalue weighted by Crippen LogP contribution is 2.34. The fraction of sp³-hybridized carbons (Fsp3) is 0.750. The van der Waals surface area contributed by atoms with Crippen molar-refractivity contribution in [3.8, 4) is 0 Å². The molecule has 0 saturated carbocycles. The fourth-order valence-corrected chi connectivity index (χ4v) is 2.43. The van der Waals surface area contributed by atoms with Crippen LogP contribution >= 0.6 is 23.3 Å². The SMILES string of the molecule is CC1(C)CCN(c2nsnc2Cl)C1. The first-order valence-electron chi connectivity index (χ1n) is 4.31. The van der Waals surface area contributed by atoms with E-state index < -0.39 is 0 Å². The van der Waals surface area contributed by atoms with E-state index >= 15 is 0 Å². The van der Waals surface area contributed by atoms with Gasteiger partial charge in [0.2, 0.25) is 0 Å². The Kier molecular flexibility index (Phi) is 2.20. The summed E-state index contributed by atoms with van der Waals surface area (Å²) in [6, 6.07) is 0. The largest absolute Gasteiger partial charge is 0.353 e. The first-order valence-corrected chi connectivity index (χ1v) is 5.42. The monoisotopic (exact) mass is 217 g/mol. The summed E-state index contributed by atoms with van der Waals surface area (Å²) in [5, 5.41) is 0.544. The normalized spacial score (nSPS) is 21.0. The summed E-state index contributed by atoms with van der Waals surface area (Å²) in [6.07, 6.45) is 1.20. The van der Waals surface area contributed by atoms with E-state index in [0.717, 1.165) is 18.9 Å². The Morgan fingerprint density at radius 2 is 2.23 bits per heavy atom. The highest BCUT2D eigenvalue weighted by molar-refractivity contribution is 6.99. The van der Waals surface area contributed by atoms with Crippen molar-refractivity contribution in [1.82, 2.24) is 8.75 Å². The second-order valence-corrected chi connectivity index (χ2v) is 5.10. The molecule has 5 heteroatoms. The van der Waals surface area contributed by atoms with Gasteiger partial charge in [0.15, 0.2) is 11.0 Å². The topological polar surface area (TPSA) is 29.0 Å². The molecule has 0 spiro atoms. The molecule has 0 atom stereocenters. The van der Waals surface area contributed by atoms with Gasteiger partial charge in [-0.2, -0.15) is 8.75 Å². The molecule has 1 aromatic rings. The van der Waals surface area contributed by atoms with E-state index in [1.54, 1.807) is 0 Å². The molecular formula is C8H12ClN3S. The predicted molar refractivity (Wildman–Crippen MR) is 55.5 cm³/mol. The lowest BCUT2D eigenvalue weighted by Gasteiger charge is -2.18. The molecule has 3 nitrogen and oxygen atoms in total. The van der Waals surface area contributed by atoms with Crippen LogP contribution in [0.15, 0.2) is 0 Å². The van der Waals surface area contributed by atoms with E-state index in [1.165, 1.54) is 18.1 Å². The first-order chi connectivity index (χ1) is 6.08. The second-order valence-electron chi connectivity index (χ2n) is 4.21. The predicted octanol–water partition coefficient (Wildman–Crippen LogP) is 2.43. The molecule has 1 aromatic heterocycles. The molecule has 2 rings (SSSR count). The van der Waals surface area contributed by atoms with Gasteiger partial charge >= 0.3 is 0 Å². The molecule has 0 amide bonds. The van der Waals surface area contributed by atoms with Crippen molar-refractivity contribution in [3.05, 3.63) is 5.15 Å². The number of anilines is 1. The maximum atomic E-state index is 5.91. The smallest absolute Gasteiger partial charge is 0.187 e. The molecule has 0 N–H and O–H groups in total. The van der Waals surface area contributed by atoms with Crippen molar-refractivity contribution >= 4 is 29.1 Å². The van der Waals surface area contributed by atoms with Crippen LogP contribution in [0.1, 0.15) is 20.3 Å². The second kappa shape index (κ2) is 3.10. The van der Waals surface area contributed by atoms with Crippen LogP contribution in [0, 0.1) is 5.41 Å². The molecule has 1 fully saturated rings. The van der Waals surface area contributed by atoms with Gasteiger partial charge in [-0.15, -0.1) is 0 Å². The summed E-state index contributed by atoms with van der Waals surface area (Å²) < 4.78 is 8.15. The molecule has 1 saturated heterocycles. The summed E-state index contributed by atoms with van der Waals surface area (Å²) in [7, 11) is 0. The average Bonchev–Trinajstić information content (AvgIpc) is 2.56.